The zero-order valence-electron chi connectivity index (χ0n) is 17.0. The fourth-order valence-electron chi connectivity index (χ4n) is 2.81. The minimum absolute atomic E-state index is 0.300. The van der Waals surface area contributed by atoms with E-state index in [-0.39, 0.29) is 5.91 Å². The molecule has 2 aromatic rings. The van der Waals surface area contributed by atoms with Crippen molar-refractivity contribution in [1.82, 2.24) is 0 Å². The van der Waals surface area contributed by atoms with E-state index in [0.29, 0.717) is 45.2 Å². The lowest BCUT2D eigenvalue weighted by Crippen LogP contribution is -2.13. The Morgan fingerprint density at radius 3 is 2.28 bits per heavy atom. The average molecular weight is 440 g/mol. The third-order valence-corrected chi connectivity index (χ3v) is 4.97. The van der Waals surface area contributed by atoms with Gasteiger partial charge in [-0.15, -0.1) is 0 Å². The van der Waals surface area contributed by atoms with Crippen molar-refractivity contribution >= 4 is 34.8 Å². The highest BCUT2D eigenvalue weighted by Crippen LogP contribution is 2.35. The maximum absolute atomic E-state index is 12.7. The first-order valence-electron chi connectivity index (χ1n) is 9.65. The van der Waals surface area contributed by atoms with Crippen LogP contribution in [0, 0.1) is 0 Å². The first-order valence-corrected chi connectivity index (χ1v) is 10.4. The van der Waals surface area contributed by atoms with Gasteiger partial charge in [-0.05, 0) is 30.7 Å². The van der Waals surface area contributed by atoms with Gasteiger partial charge in [-0.3, -0.25) is 4.79 Å². The molecule has 0 bridgehead atoms. The Bertz CT molecular complexity index is 803. The minimum Gasteiger partial charge on any atom is -0.497 e. The molecule has 2 aromatic carbocycles. The highest BCUT2D eigenvalue weighted by molar-refractivity contribution is 6.37. The lowest BCUT2D eigenvalue weighted by atomic mass is 10.1. The van der Waals surface area contributed by atoms with Crippen molar-refractivity contribution in [3.63, 3.8) is 0 Å². The molecule has 5 nitrogen and oxygen atoms in total. The minimum atomic E-state index is -0.369. The third-order valence-electron chi connectivity index (χ3n) is 4.41. The summed E-state index contributed by atoms with van der Waals surface area (Å²) in [6.07, 6.45) is 5.65. The molecule has 0 fully saturated rings. The van der Waals surface area contributed by atoms with E-state index in [1.807, 2.05) is 0 Å². The Morgan fingerprint density at radius 2 is 1.66 bits per heavy atom. The third kappa shape index (κ3) is 6.72. The maximum Gasteiger partial charge on any atom is 0.255 e. The molecule has 0 radical (unpaired) electrons. The summed E-state index contributed by atoms with van der Waals surface area (Å²) < 4.78 is 16.2. The smallest absolute Gasteiger partial charge is 0.255 e. The molecule has 0 spiro atoms. The second kappa shape index (κ2) is 11.8. The van der Waals surface area contributed by atoms with Crippen molar-refractivity contribution < 1.29 is 19.0 Å². The van der Waals surface area contributed by atoms with Crippen LogP contribution in [-0.4, -0.2) is 26.7 Å². The monoisotopic (exact) mass is 439 g/mol. The number of amides is 1. The van der Waals surface area contributed by atoms with E-state index in [2.05, 4.69) is 12.2 Å². The van der Waals surface area contributed by atoms with Crippen LogP contribution < -0.4 is 19.5 Å². The van der Waals surface area contributed by atoms with E-state index in [9.17, 15) is 4.79 Å². The molecule has 0 saturated carbocycles. The van der Waals surface area contributed by atoms with Gasteiger partial charge >= 0.3 is 0 Å². The van der Waals surface area contributed by atoms with E-state index in [4.69, 9.17) is 37.4 Å². The highest BCUT2D eigenvalue weighted by atomic mass is 35.5. The number of carbonyl (C=O) groups excluding carboxylic acids is 1. The zero-order chi connectivity index (χ0) is 21.2. The Labute approximate surface area is 182 Å². The number of rotatable bonds is 11. The average Bonchev–Trinajstić information content (AvgIpc) is 2.71. The van der Waals surface area contributed by atoms with Gasteiger partial charge in [-0.25, -0.2) is 0 Å². The Hall–Kier alpha value is -2.11. The number of hydrogen-bond acceptors (Lipinski definition) is 4. The van der Waals surface area contributed by atoms with Gasteiger partial charge in [0.2, 0.25) is 0 Å². The molecule has 0 aliphatic rings. The summed E-state index contributed by atoms with van der Waals surface area (Å²) in [5.74, 6) is 1.14. The standard InChI is InChI=1S/C22H27Cl2NO4/c1-4-5-6-7-8-11-29-21-17(23)12-15(13-18(21)24)22(26)25-19-14-16(27-2)9-10-20(19)28-3/h9-10,12-14H,4-8,11H2,1-3H3,(H,25,26). The van der Waals surface area contributed by atoms with Crippen LogP contribution in [0.1, 0.15) is 49.4 Å². The maximum atomic E-state index is 12.7. The Morgan fingerprint density at radius 1 is 0.966 bits per heavy atom. The number of halogens is 2. The quantitative estimate of drug-likeness (QED) is 0.400. The Kier molecular flexibility index (Phi) is 9.42. The van der Waals surface area contributed by atoms with Crippen LogP contribution in [0.15, 0.2) is 30.3 Å². The van der Waals surface area contributed by atoms with Crippen molar-refractivity contribution in [1.29, 1.82) is 0 Å². The van der Waals surface area contributed by atoms with Crippen LogP contribution >= 0.6 is 23.2 Å². The molecule has 0 unspecified atom stereocenters. The molecule has 0 atom stereocenters. The van der Waals surface area contributed by atoms with Crippen molar-refractivity contribution in [2.75, 3.05) is 26.1 Å². The van der Waals surface area contributed by atoms with E-state index in [1.54, 1.807) is 37.4 Å². The van der Waals surface area contributed by atoms with Gasteiger partial charge in [0, 0.05) is 11.6 Å². The molecule has 158 valence electrons. The molecule has 0 aliphatic carbocycles. The molecule has 7 heteroatoms. The largest absolute Gasteiger partial charge is 0.497 e. The first kappa shape index (κ1) is 23.2. The van der Waals surface area contributed by atoms with Crippen molar-refractivity contribution in [2.24, 2.45) is 0 Å². The van der Waals surface area contributed by atoms with Gasteiger partial charge in [0.1, 0.15) is 11.5 Å². The van der Waals surface area contributed by atoms with Gasteiger partial charge in [-0.1, -0.05) is 55.8 Å². The topological polar surface area (TPSA) is 56.8 Å². The molecule has 0 aliphatic heterocycles. The molecular weight excluding hydrogens is 413 g/mol. The van der Waals surface area contributed by atoms with Gasteiger partial charge in [0.05, 0.1) is 36.6 Å². The number of anilines is 1. The van der Waals surface area contributed by atoms with Crippen molar-refractivity contribution in [3.8, 4) is 17.2 Å². The number of methoxy groups -OCH3 is 2. The van der Waals surface area contributed by atoms with Crippen LogP contribution in [0.25, 0.3) is 0 Å². The normalized spacial score (nSPS) is 10.5. The second-order valence-corrected chi connectivity index (χ2v) is 7.37. The number of benzene rings is 2. The zero-order valence-corrected chi connectivity index (χ0v) is 18.5. The van der Waals surface area contributed by atoms with E-state index in [1.165, 1.54) is 26.4 Å². The molecule has 0 saturated heterocycles. The molecule has 2 rings (SSSR count). The fourth-order valence-corrected chi connectivity index (χ4v) is 3.41. The molecule has 0 aromatic heterocycles. The van der Waals surface area contributed by atoms with E-state index < -0.39 is 0 Å². The molecule has 1 amide bonds. The fraction of sp³-hybridized carbons (Fsp3) is 0.409. The lowest BCUT2D eigenvalue weighted by Gasteiger charge is -2.14. The molecule has 29 heavy (non-hydrogen) atoms. The van der Waals surface area contributed by atoms with Gasteiger partial charge in [0.15, 0.2) is 5.75 Å². The number of hydrogen-bond donors (Lipinski definition) is 1. The number of ether oxygens (including phenoxy) is 3. The summed E-state index contributed by atoms with van der Waals surface area (Å²) in [5, 5.41) is 3.40. The number of carbonyl (C=O) groups is 1. The number of nitrogens with one attached hydrogen (secondary N) is 1. The summed E-state index contributed by atoms with van der Waals surface area (Å²) in [7, 11) is 3.08. The molecule has 1 N–H and O–H groups in total. The van der Waals surface area contributed by atoms with Gasteiger partial charge in [0.25, 0.3) is 5.91 Å². The van der Waals surface area contributed by atoms with E-state index in [0.717, 1.165) is 12.8 Å². The lowest BCUT2D eigenvalue weighted by molar-refractivity contribution is 0.102. The van der Waals surface area contributed by atoms with Crippen LogP contribution in [-0.2, 0) is 0 Å². The highest BCUT2D eigenvalue weighted by Gasteiger charge is 2.16. The van der Waals surface area contributed by atoms with E-state index >= 15 is 0 Å². The predicted molar refractivity (Wildman–Crippen MR) is 118 cm³/mol. The van der Waals surface area contributed by atoms with Crippen LogP contribution in [0.3, 0.4) is 0 Å². The summed E-state index contributed by atoms with van der Waals surface area (Å²) >= 11 is 12.6. The van der Waals surface area contributed by atoms with Gasteiger partial charge < -0.3 is 19.5 Å². The molecule has 0 heterocycles. The van der Waals surface area contributed by atoms with Crippen LogP contribution in [0.2, 0.25) is 10.0 Å². The Balaban J connectivity index is 2.07. The second-order valence-electron chi connectivity index (χ2n) is 6.55. The van der Waals surface area contributed by atoms with Gasteiger partial charge in [-0.2, -0.15) is 0 Å². The van der Waals surface area contributed by atoms with Crippen molar-refractivity contribution in [3.05, 3.63) is 45.9 Å². The SMILES string of the molecule is CCCCCCCOc1c(Cl)cc(C(=O)Nc2cc(OC)ccc2OC)cc1Cl. The van der Waals surface area contributed by atoms with Crippen LogP contribution in [0.5, 0.6) is 17.2 Å². The first-order chi connectivity index (χ1) is 14.0. The summed E-state index contributed by atoms with van der Waals surface area (Å²) in [6, 6.07) is 8.22. The predicted octanol–water partition coefficient (Wildman–Crippen LogP) is 6.61. The van der Waals surface area contributed by atoms with Crippen molar-refractivity contribution in [2.45, 2.75) is 39.0 Å². The summed E-state index contributed by atoms with van der Waals surface area (Å²) in [6.45, 7) is 2.72. The molecular formula is C22H27Cl2NO4. The summed E-state index contributed by atoms with van der Waals surface area (Å²) in [4.78, 5) is 12.7. The summed E-state index contributed by atoms with van der Waals surface area (Å²) in [5.41, 5.74) is 0.802. The number of unbranched alkanes of at least 4 members (excludes halogenated alkanes) is 4. The van der Waals surface area contributed by atoms with Crippen LogP contribution in [0.4, 0.5) is 5.69 Å².